The number of aromatic hydroxyl groups is 1. The molecule has 1 aromatic carbocycles. The van der Waals surface area contributed by atoms with Crippen LogP contribution in [0.15, 0.2) is 18.2 Å². The van der Waals surface area contributed by atoms with E-state index >= 15 is 0 Å². The number of carbonyl (C=O) groups is 1. The molecule has 0 aromatic heterocycles. The first-order valence-corrected chi connectivity index (χ1v) is 4.91. The number of phenolic OH excluding ortho intramolecular Hbond substituents is 1. The Kier molecular flexibility index (Phi) is 4.28. The second-order valence-electron chi connectivity index (χ2n) is 3.55. The lowest BCUT2D eigenvalue weighted by atomic mass is 10.1. The van der Waals surface area contributed by atoms with Gasteiger partial charge in [-0.2, -0.15) is 0 Å². The molecule has 1 unspecified atom stereocenters. The monoisotopic (exact) mass is 225 g/mol. The van der Waals surface area contributed by atoms with E-state index in [2.05, 4.69) is 5.32 Å². The minimum absolute atomic E-state index is 0.00470. The number of aryl methyl sites for hydroxylation is 1. The largest absolute Gasteiger partial charge is 0.508 e. The fraction of sp³-hybridized carbons (Fsp3) is 0.364. The van der Waals surface area contributed by atoms with E-state index in [9.17, 15) is 9.90 Å². The predicted molar refractivity (Wildman–Crippen MR) is 58.3 cm³/mol. The first kappa shape index (κ1) is 12.5. The number of aliphatic hydroxyl groups is 2. The smallest absolute Gasteiger partial charge is 0.251 e. The van der Waals surface area contributed by atoms with Gasteiger partial charge in [-0.1, -0.05) is 0 Å². The Labute approximate surface area is 93.4 Å². The van der Waals surface area contributed by atoms with Crippen molar-refractivity contribution >= 4 is 5.91 Å². The topological polar surface area (TPSA) is 89.8 Å². The molecule has 0 aliphatic rings. The van der Waals surface area contributed by atoms with Crippen molar-refractivity contribution in [2.24, 2.45) is 0 Å². The van der Waals surface area contributed by atoms with Gasteiger partial charge in [0.15, 0.2) is 0 Å². The molecule has 5 nitrogen and oxygen atoms in total. The zero-order valence-corrected chi connectivity index (χ0v) is 8.97. The third-order valence-corrected chi connectivity index (χ3v) is 2.17. The maximum absolute atomic E-state index is 11.5. The van der Waals surface area contributed by atoms with Crippen LogP contribution < -0.4 is 5.32 Å². The van der Waals surface area contributed by atoms with E-state index in [1.807, 2.05) is 0 Å². The lowest BCUT2D eigenvalue weighted by Crippen LogP contribution is -2.33. The summed E-state index contributed by atoms with van der Waals surface area (Å²) in [5, 5.41) is 29.4. The molecule has 0 aliphatic carbocycles. The predicted octanol–water partition coefficient (Wildman–Crippen LogP) is -0.216. The molecular formula is C11H15NO4. The van der Waals surface area contributed by atoms with Gasteiger partial charge in [0.25, 0.3) is 5.91 Å². The fourth-order valence-corrected chi connectivity index (χ4v) is 1.17. The molecule has 5 heteroatoms. The van der Waals surface area contributed by atoms with Crippen molar-refractivity contribution in [1.29, 1.82) is 0 Å². The van der Waals surface area contributed by atoms with Crippen molar-refractivity contribution in [3.05, 3.63) is 29.3 Å². The van der Waals surface area contributed by atoms with Crippen molar-refractivity contribution in [1.82, 2.24) is 5.32 Å². The Morgan fingerprint density at radius 2 is 2.19 bits per heavy atom. The van der Waals surface area contributed by atoms with Gasteiger partial charge in [0.05, 0.1) is 12.7 Å². The van der Waals surface area contributed by atoms with Gasteiger partial charge in [0, 0.05) is 12.1 Å². The number of hydrogen-bond donors (Lipinski definition) is 4. The van der Waals surface area contributed by atoms with Crippen molar-refractivity contribution in [3.63, 3.8) is 0 Å². The third kappa shape index (κ3) is 3.22. The second kappa shape index (κ2) is 5.48. The maximum Gasteiger partial charge on any atom is 0.251 e. The van der Waals surface area contributed by atoms with Crippen LogP contribution >= 0.6 is 0 Å². The lowest BCUT2D eigenvalue weighted by Gasteiger charge is -2.09. The number of aliphatic hydroxyl groups excluding tert-OH is 2. The summed E-state index contributed by atoms with van der Waals surface area (Å²) in [4.78, 5) is 11.5. The molecule has 0 aliphatic heterocycles. The van der Waals surface area contributed by atoms with E-state index in [4.69, 9.17) is 10.2 Å². The van der Waals surface area contributed by atoms with Crippen molar-refractivity contribution in [2.45, 2.75) is 13.0 Å². The lowest BCUT2D eigenvalue weighted by molar-refractivity contribution is 0.0802. The number of amides is 1. The summed E-state index contributed by atoms with van der Waals surface area (Å²) >= 11 is 0. The van der Waals surface area contributed by atoms with Gasteiger partial charge in [0.2, 0.25) is 0 Å². The highest BCUT2D eigenvalue weighted by Gasteiger charge is 2.09. The standard InChI is InChI=1S/C11H15NO4/c1-7-4-8(2-3-10(7)15)11(16)12-5-9(14)6-13/h2-4,9,13-15H,5-6H2,1H3,(H,12,16). The summed E-state index contributed by atoms with van der Waals surface area (Å²) in [5.74, 6) is -0.220. The van der Waals surface area contributed by atoms with Crippen LogP contribution in [0.1, 0.15) is 15.9 Å². The number of phenols is 1. The summed E-state index contributed by atoms with van der Waals surface area (Å²) in [6.07, 6.45) is -0.956. The second-order valence-corrected chi connectivity index (χ2v) is 3.55. The van der Waals surface area contributed by atoms with E-state index in [0.29, 0.717) is 11.1 Å². The Morgan fingerprint density at radius 3 is 2.75 bits per heavy atom. The maximum atomic E-state index is 11.5. The highest BCUT2D eigenvalue weighted by molar-refractivity contribution is 5.94. The van der Waals surface area contributed by atoms with E-state index in [0.717, 1.165) is 0 Å². The molecular weight excluding hydrogens is 210 g/mol. The van der Waals surface area contributed by atoms with Gasteiger partial charge in [0.1, 0.15) is 5.75 Å². The normalized spacial score (nSPS) is 12.2. The van der Waals surface area contributed by atoms with Crippen LogP contribution in [-0.2, 0) is 0 Å². The van der Waals surface area contributed by atoms with E-state index in [-0.39, 0.29) is 18.2 Å². The number of hydrogen-bond acceptors (Lipinski definition) is 4. The highest BCUT2D eigenvalue weighted by atomic mass is 16.3. The molecule has 0 spiro atoms. The van der Waals surface area contributed by atoms with Crippen LogP contribution in [0.4, 0.5) is 0 Å². The van der Waals surface area contributed by atoms with Gasteiger partial charge >= 0.3 is 0 Å². The number of benzene rings is 1. The Hall–Kier alpha value is -1.59. The van der Waals surface area contributed by atoms with Crippen LogP contribution in [-0.4, -0.2) is 40.5 Å². The molecule has 0 heterocycles. The van der Waals surface area contributed by atoms with E-state index < -0.39 is 12.7 Å². The molecule has 1 rings (SSSR count). The SMILES string of the molecule is Cc1cc(C(=O)NCC(O)CO)ccc1O. The molecule has 0 bridgehead atoms. The summed E-state index contributed by atoms with van der Waals surface area (Å²) in [5.41, 5.74) is 1.01. The number of nitrogens with one attached hydrogen (secondary N) is 1. The van der Waals surface area contributed by atoms with Crippen molar-refractivity contribution < 1.29 is 20.1 Å². The molecule has 0 fully saturated rings. The quantitative estimate of drug-likeness (QED) is 0.570. The molecule has 1 amide bonds. The molecule has 0 saturated heterocycles. The molecule has 0 radical (unpaired) electrons. The van der Waals surface area contributed by atoms with Crippen molar-refractivity contribution in [2.75, 3.05) is 13.2 Å². The van der Waals surface area contributed by atoms with E-state index in [1.54, 1.807) is 13.0 Å². The zero-order chi connectivity index (χ0) is 12.1. The van der Waals surface area contributed by atoms with Crippen LogP contribution in [0.25, 0.3) is 0 Å². The molecule has 1 atom stereocenters. The third-order valence-electron chi connectivity index (χ3n) is 2.17. The number of rotatable bonds is 4. The highest BCUT2D eigenvalue weighted by Crippen LogP contribution is 2.16. The molecule has 16 heavy (non-hydrogen) atoms. The Balaban J connectivity index is 2.63. The molecule has 0 saturated carbocycles. The van der Waals surface area contributed by atoms with Gasteiger partial charge in [-0.05, 0) is 30.7 Å². The van der Waals surface area contributed by atoms with Gasteiger partial charge in [-0.25, -0.2) is 0 Å². The van der Waals surface area contributed by atoms with Gasteiger partial charge < -0.3 is 20.6 Å². The first-order valence-electron chi connectivity index (χ1n) is 4.91. The van der Waals surface area contributed by atoms with Crippen LogP contribution in [0.3, 0.4) is 0 Å². The molecule has 4 N–H and O–H groups in total. The fourth-order valence-electron chi connectivity index (χ4n) is 1.17. The molecule has 1 aromatic rings. The number of carbonyl (C=O) groups excluding carboxylic acids is 1. The Morgan fingerprint density at radius 1 is 1.50 bits per heavy atom. The van der Waals surface area contributed by atoms with Gasteiger partial charge in [-0.15, -0.1) is 0 Å². The average molecular weight is 225 g/mol. The van der Waals surface area contributed by atoms with Gasteiger partial charge in [-0.3, -0.25) is 4.79 Å². The van der Waals surface area contributed by atoms with Crippen LogP contribution in [0.5, 0.6) is 5.75 Å². The Bertz CT molecular complexity index is 378. The molecule has 88 valence electrons. The minimum Gasteiger partial charge on any atom is -0.508 e. The minimum atomic E-state index is -0.956. The van der Waals surface area contributed by atoms with E-state index in [1.165, 1.54) is 12.1 Å². The van der Waals surface area contributed by atoms with Crippen LogP contribution in [0.2, 0.25) is 0 Å². The summed E-state index contributed by atoms with van der Waals surface area (Å²) in [6.45, 7) is 1.29. The average Bonchev–Trinajstić information content (AvgIpc) is 2.29. The summed E-state index contributed by atoms with van der Waals surface area (Å²) < 4.78 is 0. The summed E-state index contributed by atoms with van der Waals surface area (Å²) in [6, 6.07) is 4.48. The first-order chi connectivity index (χ1) is 7.54. The van der Waals surface area contributed by atoms with Crippen LogP contribution in [0, 0.1) is 6.92 Å². The summed E-state index contributed by atoms with van der Waals surface area (Å²) in [7, 11) is 0. The van der Waals surface area contributed by atoms with Crippen molar-refractivity contribution in [3.8, 4) is 5.75 Å². The zero-order valence-electron chi connectivity index (χ0n) is 8.97.